The molecule has 0 N–H and O–H groups in total. The monoisotopic (exact) mass is 1040 g/mol. The number of hydrogen-bond acceptors (Lipinski definition) is 3. The van der Waals surface area contributed by atoms with Crippen LogP contribution in [-0.2, 0) is 0 Å². The van der Waals surface area contributed by atoms with Crippen molar-refractivity contribution in [2.24, 2.45) is 0 Å². The van der Waals surface area contributed by atoms with Crippen molar-refractivity contribution in [3.8, 4) is 45.5 Å². The van der Waals surface area contributed by atoms with Crippen molar-refractivity contribution >= 4 is 101 Å². The quantitative estimate of drug-likeness (QED) is 0.150. The molecule has 0 bridgehead atoms. The first-order valence-corrected chi connectivity index (χ1v) is 26.4. The van der Waals surface area contributed by atoms with Crippen LogP contribution in [0, 0.1) is 0 Å². The molecule has 2 aliphatic heterocycles. The molecule has 0 atom stereocenters. The molecule has 11 aromatic carbocycles. The molecule has 0 spiro atoms. The second-order valence-corrected chi connectivity index (χ2v) is 23.8. The molecule has 7 heteroatoms. The predicted molar refractivity (Wildman–Crippen MR) is 319 cm³/mol. The number of hydrogen-bond donors (Lipinski definition) is 0. The Morgan fingerprint density at radius 2 is 0.605 bits per heavy atom. The van der Waals surface area contributed by atoms with E-state index in [4.69, 9.17) is 20.6 Å². The molecule has 16 rings (SSSR count). The van der Waals surface area contributed by atoms with E-state index in [1.807, 2.05) is 0 Å². The van der Waals surface area contributed by atoms with Gasteiger partial charge in [-0.1, -0.05) is 224 Å². The van der Waals surface area contributed by atoms with E-state index >= 15 is 0 Å². The van der Waals surface area contributed by atoms with Crippen molar-refractivity contribution < 1.29 is 61.7 Å². The Morgan fingerprint density at radius 3 is 1.00 bits per heavy atom. The SMILES string of the molecule is [2H]c1c([2H])c([2H])c(-c2nc(-c3c([2H])c([2H])c4c(c3[2H])c3c([2H])c([2H])c([2H])c5c3n4-c3c([2H])c([2H])c([2H])c([2H])c3[Si]5(c3c([2H])c([2H])c([2H])c([2H])c3[2H])c3c([2H])c([2H])c([2H])c([2H])c3[2H])nc(-c3c([2H])c([2H])c4c(c3[2H])c3c([2H])c([2H])c([2H])c5c3n4-c3c([2H])c([2H])c([2H])c([2H])c3[Si]5(c3c([2H])c([2H])c([2H])c([2H])c3[2H])c3c([2H])c([2H])c([2H])c([2H])c3[2H])n2)c([2H])c1[2H]. The van der Waals surface area contributed by atoms with Gasteiger partial charge in [-0.25, -0.2) is 15.0 Å². The maximum Gasteiger partial charge on any atom is 0.184 e. The van der Waals surface area contributed by atoms with Gasteiger partial charge < -0.3 is 9.13 Å². The van der Waals surface area contributed by atoms with Crippen molar-refractivity contribution in [2.75, 3.05) is 0 Å². The van der Waals surface area contributed by atoms with Crippen molar-refractivity contribution in [1.82, 2.24) is 24.1 Å². The van der Waals surface area contributed by atoms with E-state index in [9.17, 15) is 41.1 Å². The van der Waals surface area contributed by atoms with Gasteiger partial charge in [-0.05, 0) is 89.8 Å². The highest BCUT2D eigenvalue weighted by atomic mass is 28.3. The summed E-state index contributed by atoms with van der Waals surface area (Å²) in [5.74, 6) is -3.42. The Hall–Kier alpha value is -9.54. The molecule has 354 valence electrons. The van der Waals surface area contributed by atoms with Crippen LogP contribution in [0.4, 0.5) is 0 Å². The third kappa shape index (κ3) is 5.86. The molecule has 14 aromatic rings. The lowest BCUT2D eigenvalue weighted by molar-refractivity contribution is 1.07. The van der Waals surface area contributed by atoms with Crippen LogP contribution in [0.15, 0.2) is 272 Å². The summed E-state index contributed by atoms with van der Waals surface area (Å²) < 4.78 is 429. The maximum atomic E-state index is 10.5. The lowest BCUT2D eigenvalue weighted by Gasteiger charge is -2.39. The van der Waals surface area contributed by atoms with Crippen molar-refractivity contribution in [2.45, 2.75) is 0 Å². The predicted octanol–water partition coefficient (Wildman–Crippen LogP) is 10.4. The standard InChI is InChI=1S/C69H45N5Si2/c1-6-22-46(23-7-1)67-70-68(47-40-42-57-55(44-47)53-32-20-38-63-65(53)73(57)59-34-16-18-36-61(59)75(63,49-24-8-2-9-25-49)50-26-10-3-11-27-50)72-69(71-67)48-41-43-58-56(45-48)54-33-21-39-64-66(54)74(58)60-35-17-19-37-62(60)76(64,51-28-12-4-13-29-51)52-30-14-5-15-31-52/h1-45H/i1D,2D,3D,4D,5D,6D,7D,8D,9D,10D,11D,12D,13D,14D,15D,16D,17D,18D,19D,20D,21D,22D,23D,24D,25D,26D,27D,28D,29D,30D,31D,32D,33D,34D,35D,36D,37D,38D,39D,40D,41D,42D,43D,44D,45D. The van der Waals surface area contributed by atoms with Crippen LogP contribution < -0.4 is 41.5 Å². The first-order chi connectivity index (χ1) is 56.4. The van der Waals surface area contributed by atoms with E-state index in [0.717, 1.165) is 9.13 Å². The van der Waals surface area contributed by atoms with Gasteiger partial charge in [0.1, 0.15) is 0 Å². The first kappa shape index (κ1) is 17.8. The van der Waals surface area contributed by atoms with Gasteiger partial charge >= 0.3 is 0 Å². The smallest absolute Gasteiger partial charge is 0.184 e. The highest BCUT2D eigenvalue weighted by Crippen LogP contribution is 2.40. The molecule has 0 amide bonds. The molecule has 0 saturated heterocycles. The molecule has 0 saturated carbocycles. The normalized spacial score (nSPS) is 22.0. The summed E-state index contributed by atoms with van der Waals surface area (Å²) in [6, 6.07) is -53.0. The van der Waals surface area contributed by atoms with E-state index in [1.54, 1.807) is 0 Å². The lowest BCUT2D eigenvalue weighted by atomic mass is 10.1. The minimum absolute atomic E-state index is 0.747. The minimum atomic E-state index is -6.23. The summed E-state index contributed by atoms with van der Waals surface area (Å²) in [4.78, 5) is 13.5. The highest BCUT2D eigenvalue weighted by molar-refractivity contribution is 7.22. The summed E-state index contributed by atoms with van der Waals surface area (Å²) >= 11 is 0. The van der Waals surface area contributed by atoms with Gasteiger partial charge in [-0.2, -0.15) is 0 Å². The van der Waals surface area contributed by atoms with Gasteiger partial charge in [0.25, 0.3) is 0 Å². The average molecular weight is 1050 g/mol. The highest BCUT2D eigenvalue weighted by Gasteiger charge is 2.49. The van der Waals surface area contributed by atoms with Crippen LogP contribution in [0.1, 0.15) is 61.7 Å². The Morgan fingerprint density at radius 1 is 0.276 bits per heavy atom. The molecule has 0 fully saturated rings. The number of nitrogens with zero attached hydrogens (tertiary/aromatic N) is 5. The maximum absolute atomic E-state index is 10.5. The zero-order valence-corrected chi connectivity index (χ0v) is 39.7. The number of benzene rings is 11. The topological polar surface area (TPSA) is 48.5 Å². The van der Waals surface area contributed by atoms with Crippen molar-refractivity contribution in [3.63, 3.8) is 0 Å². The average Bonchev–Trinajstić information content (AvgIpc) is 1.57. The van der Waals surface area contributed by atoms with Gasteiger partial charge in [0.2, 0.25) is 0 Å². The molecule has 0 aliphatic carbocycles. The largest absolute Gasteiger partial charge is 0.309 e. The van der Waals surface area contributed by atoms with E-state index in [2.05, 4.69) is 15.0 Å². The zero-order chi connectivity index (χ0) is 89.1. The molecule has 5 nitrogen and oxygen atoms in total. The van der Waals surface area contributed by atoms with Gasteiger partial charge in [-0.15, -0.1) is 0 Å². The summed E-state index contributed by atoms with van der Waals surface area (Å²) in [7, 11) is -12.5. The fraction of sp³-hybridized carbons (Fsp3) is 0. The van der Waals surface area contributed by atoms with Crippen LogP contribution in [0.3, 0.4) is 0 Å². The third-order valence-corrected chi connectivity index (χ3v) is 21.7. The van der Waals surface area contributed by atoms with Crippen LogP contribution >= 0.6 is 0 Å². The number of fused-ring (bicyclic) bond motifs is 10. The van der Waals surface area contributed by atoms with Gasteiger partial charge in [0.05, 0.1) is 83.8 Å². The van der Waals surface area contributed by atoms with E-state index in [-0.39, 0.29) is 0 Å². The van der Waals surface area contributed by atoms with Crippen LogP contribution in [-0.4, -0.2) is 40.2 Å². The molecule has 76 heavy (non-hydrogen) atoms. The Bertz CT molecular complexity index is 6740. The Labute approximate surface area is 504 Å². The lowest BCUT2D eigenvalue weighted by Crippen LogP contribution is -2.76. The summed E-state index contributed by atoms with van der Waals surface area (Å²) in [5, 5.41) is -11.2. The number of aromatic nitrogens is 5. The second-order valence-electron chi connectivity index (χ2n) is 16.8. The van der Waals surface area contributed by atoms with Gasteiger partial charge in [-0.3, -0.25) is 0 Å². The van der Waals surface area contributed by atoms with Gasteiger partial charge in [0, 0.05) is 49.6 Å². The zero-order valence-electron chi connectivity index (χ0n) is 82.7. The Kier molecular flexibility index (Phi) is 3.86. The minimum Gasteiger partial charge on any atom is -0.309 e. The van der Waals surface area contributed by atoms with E-state index < -0.39 is 419 Å². The first-order valence-electron chi connectivity index (χ1n) is 44.9. The summed E-state index contributed by atoms with van der Waals surface area (Å²) in [6.45, 7) is 0. The molecule has 3 aromatic heterocycles. The molecular weight excluding hydrogens is 955 g/mol. The molecule has 0 unspecified atom stereocenters. The van der Waals surface area contributed by atoms with Gasteiger partial charge in [0.15, 0.2) is 33.6 Å². The fourth-order valence-corrected chi connectivity index (χ4v) is 18.6. The number of rotatable bonds is 7. The van der Waals surface area contributed by atoms with Crippen LogP contribution in [0.5, 0.6) is 0 Å². The molecular formula is C69H45N5Si2. The summed E-state index contributed by atoms with van der Waals surface area (Å²) in [6.07, 6.45) is 0. The van der Waals surface area contributed by atoms with E-state index in [0.29, 0.717) is 0 Å². The van der Waals surface area contributed by atoms with Crippen molar-refractivity contribution in [1.29, 1.82) is 0 Å². The van der Waals surface area contributed by atoms with Crippen molar-refractivity contribution in [3.05, 3.63) is 272 Å². The van der Waals surface area contributed by atoms with Crippen LogP contribution in [0.2, 0.25) is 0 Å². The fourth-order valence-electron chi connectivity index (χ4n) is 10.4. The second kappa shape index (κ2) is 16.5. The molecule has 2 aliphatic rings. The molecule has 0 radical (unpaired) electrons. The Balaban J connectivity index is 1.12. The van der Waals surface area contributed by atoms with Crippen LogP contribution in [0.25, 0.3) is 89.2 Å². The summed E-state index contributed by atoms with van der Waals surface area (Å²) in [5.41, 5.74) is -8.31. The number of para-hydroxylation sites is 4. The molecule has 5 heterocycles. The third-order valence-electron chi connectivity index (χ3n) is 13.3. The van der Waals surface area contributed by atoms with E-state index in [1.165, 1.54) is 0 Å².